The molecule has 0 spiro atoms. The van der Waals surface area contributed by atoms with E-state index < -0.39 is 93.2 Å². The first kappa shape index (κ1) is 25.4. The minimum atomic E-state index is -2.96. The molecule has 0 saturated heterocycles. The third kappa shape index (κ3) is 3.05. The average Bonchev–Trinajstić information content (AvgIpc) is 2.75. The Hall–Kier alpha value is -3.70. The number of aromatic carboxylic acids is 1. The van der Waals surface area contributed by atoms with Crippen LogP contribution >= 0.6 is 0 Å². The SMILES string of the molecule is C[C@H]1c2c(C(=O)O)cc(C(C)(C)C)c(O)c2C(O)=C2C(=O)[C@]3(O)C(O)=C(C(N)=O)C(=O)C[C@@H]3[C@@H](O)[C@@H]21. The van der Waals surface area contributed by atoms with Gasteiger partial charge in [-0.3, -0.25) is 14.4 Å². The van der Waals surface area contributed by atoms with Crippen molar-refractivity contribution in [2.45, 2.75) is 57.2 Å². The van der Waals surface area contributed by atoms with Gasteiger partial charge in [0, 0.05) is 29.4 Å². The number of carbonyl (C=O) groups excluding carboxylic acids is 3. The van der Waals surface area contributed by atoms with Crippen molar-refractivity contribution in [2.75, 3.05) is 0 Å². The van der Waals surface area contributed by atoms with Crippen LogP contribution in [0.3, 0.4) is 0 Å². The van der Waals surface area contributed by atoms with Gasteiger partial charge in [-0.15, -0.1) is 0 Å². The number of aromatic hydroxyl groups is 1. The van der Waals surface area contributed by atoms with E-state index in [0.717, 1.165) is 0 Å². The van der Waals surface area contributed by atoms with Gasteiger partial charge in [-0.25, -0.2) is 4.79 Å². The van der Waals surface area contributed by atoms with Gasteiger partial charge >= 0.3 is 5.97 Å². The monoisotopic (exact) mass is 501 g/mol. The second-order valence-electron chi connectivity index (χ2n) is 10.6. The summed E-state index contributed by atoms with van der Waals surface area (Å²) in [5.41, 5.74) is -0.592. The van der Waals surface area contributed by atoms with Crippen LogP contribution in [0.2, 0.25) is 0 Å². The predicted molar refractivity (Wildman–Crippen MR) is 123 cm³/mol. The number of Topliss-reactive ketones (excluding diaryl/α,β-unsaturated/α-hetero) is 2. The van der Waals surface area contributed by atoms with Crippen LogP contribution in [-0.2, 0) is 19.8 Å². The number of carboxylic acids is 1. The molecule has 0 radical (unpaired) electrons. The van der Waals surface area contributed by atoms with Crippen molar-refractivity contribution in [3.63, 3.8) is 0 Å². The van der Waals surface area contributed by atoms with Gasteiger partial charge in [0.05, 0.1) is 17.2 Å². The molecule has 192 valence electrons. The van der Waals surface area contributed by atoms with Gasteiger partial charge in [-0.2, -0.15) is 0 Å². The summed E-state index contributed by atoms with van der Waals surface area (Å²) in [6.07, 6.45) is -2.45. The summed E-state index contributed by atoms with van der Waals surface area (Å²) in [6.45, 7) is 6.59. The molecule has 5 atom stereocenters. The first-order chi connectivity index (χ1) is 16.5. The minimum absolute atomic E-state index is 0.0312. The van der Waals surface area contributed by atoms with Crippen molar-refractivity contribution in [2.24, 2.45) is 17.6 Å². The fourth-order valence-corrected chi connectivity index (χ4v) is 5.90. The van der Waals surface area contributed by atoms with Crippen molar-refractivity contribution in [3.05, 3.63) is 45.2 Å². The molecule has 1 aromatic rings. The Morgan fingerprint density at radius 3 is 2.22 bits per heavy atom. The highest BCUT2D eigenvalue weighted by Crippen LogP contribution is 2.57. The Balaban J connectivity index is 2.10. The number of aliphatic hydroxyl groups excluding tert-OH is 3. The maximum atomic E-state index is 13.7. The maximum Gasteiger partial charge on any atom is 0.336 e. The Bertz CT molecular complexity index is 1330. The molecule has 11 nitrogen and oxygen atoms in total. The molecular weight excluding hydrogens is 474 g/mol. The summed E-state index contributed by atoms with van der Waals surface area (Å²) in [7, 11) is 0. The zero-order chi connectivity index (χ0) is 27.2. The number of benzene rings is 1. The van der Waals surface area contributed by atoms with Crippen molar-refractivity contribution in [3.8, 4) is 5.75 Å². The molecule has 8 N–H and O–H groups in total. The van der Waals surface area contributed by atoms with Crippen molar-refractivity contribution in [1.29, 1.82) is 0 Å². The lowest BCUT2D eigenvalue weighted by Gasteiger charge is -2.50. The van der Waals surface area contributed by atoms with Gasteiger partial charge in [0.1, 0.15) is 22.8 Å². The fourth-order valence-electron chi connectivity index (χ4n) is 5.90. The Kier molecular flexibility index (Phi) is 5.39. The zero-order valence-electron chi connectivity index (χ0n) is 20.0. The van der Waals surface area contributed by atoms with E-state index in [4.69, 9.17) is 5.73 Å². The molecule has 0 aromatic heterocycles. The van der Waals surface area contributed by atoms with Gasteiger partial charge in [-0.05, 0) is 23.0 Å². The van der Waals surface area contributed by atoms with Crippen LogP contribution in [0.15, 0.2) is 23.0 Å². The van der Waals surface area contributed by atoms with Crippen molar-refractivity contribution >= 4 is 29.2 Å². The number of phenols is 1. The van der Waals surface area contributed by atoms with Crippen LogP contribution in [0.1, 0.15) is 67.1 Å². The van der Waals surface area contributed by atoms with Crippen LogP contribution in [0, 0.1) is 11.8 Å². The molecule has 4 rings (SSSR count). The number of phenolic OH excluding ortho intramolecular Hbond substituents is 1. The van der Waals surface area contributed by atoms with Crippen LogP contribution in [-0.4, -0.2) is 65.8 Å². The number of amides is 1. The third-order valence-corrected chi connectivity index (χ3v) is 7.63. The van der Waals surface area contributed by atoms with E-state index in [2.05, 4.69) is 0 Å². The highest BCUT2D eigenvalue weighted by atomic mass is 16.4. The molecule has 0 unspecified atom stereocenters. The van der Waals surface area contributed by atoms with E-state index in [1.165, 1.54) is 13.0 Å². The lowest BCUT2D eigenvalue weighted by Crippen LogP contribution is -2.64. The lowest BCUT2D eigenvalue weighted by molar-refractivity contribution is -0.160. The summed E-state index contributed by atoms with van der Waals surface area (Å²) in [4.78, 5) is 50.2. The molecule has 36 heavy (non-hydrogen) atoms. The molecule has 0 aliphatic heterocycles. The summed E-state index contributed by atoms with van der Waals surface area (Å²) < 4.78 is 0. The summed E-state index contributed by atoms with van der Waals surface area (Å²) in [6, 6.07) is 1.27. The third-order valence-electron chi connectivity index (χ3n) is 7.63. The minimum Gasteiger partial charge on any atom is -0.508 e. The van der Waals surface area contributed by atoms with Crippen LogP contribution in [0.4, 0.5) is 0 Å². The number of hydrogen-bond donors (Lipinski definition) is 7. The largest absolute Gasteiger partial charge is 0.508 e. The van der Waals surface area contributed by atoms with E-state index in [1.54, 1.807) is 20.8 Å². The highest BCUT2D eigenvalue weighted by molar-refractivity contribution is 6.23. The number of ketones is 2. The Morgan fingerprint density at radius 2 is 1.72 bits per heavy atom. The first-order valence-electron chi connectivity index (χ1n) is 11.3. The number of fused-ring (bicyclic) bond motifs is 3. The molecule has 0 bridgehead atoms. The number of aliphatic hydroxyl groups is 4. The van der Waals surface area contributed by atoms with E-state index in [1.807, 2.05) is 0 Å². The number of rotatable bonds is 2. The number of nitrogens with two attached hydrogens (primary N) is 1. The van der Waals surface area contributed by atoms with Gasteiger partial charge in [0.2, 0.25) is 5.78 Å². The highest BCUT2D eigenvalue weighted by Gasteiger charge is 2.65. The smallest absolute Gasteiger partial charge is 0.336 e. The molecule has 11 heteroatoms. The van der Waals surface area contributed by atoms with E-state index in [-0.39, 0.29) is 22.3 Å². The van der Waals surface area contributed by atoms with Gasteiger partial charge in [0.15, 0.2) is 11.4 Å². The van der Waals surface area contributed by atoms with Gasteiger partial charge in [-0.1, -0.05) is 27.7 Å². The second-order valence-corrected chi connectivity index (χ2v) is 10.6. The zero-order valence-corrected chi connectivity index (χ0v) is 20.0. The van der Waals surface area contributed by atoms with Crippen LogP contribution in [0.5, 0.6) is 5.75 Å². The molecular formula is C25H27NO10. The second kappa shape index (κ2) is 7.65. The number of hydrogen-bond acceptors (Lipinski definition) is 9. The topological polar surface area (TPSA) is 216 Å². The van der Waals surface area contributed by atoms with Crippen LogP contribution < -0.4 is 5.73 Å². The normalized spacial score (nSPS) is 30.1. The van der Waals surface area contributed by atoms with Crippen molar-refractivity contribution in [1.82, 2.24) is 0 Å². The molecule has 3 aliphatic carbocycles. The average molecular weight is 501 g/mol. The van der Waals surface area contributed by atoms with Crippen LogP contribution in [0.25, 0.3) is 5.76 Å². The molecule has 1 fully saturated rings. The van der Waals surface area contributed by atoms with E-state index in [0.29, 0.717) is 0 Å². The van der Waals surface area contributed by atoms with Gasteiger partial charge in [0.25, 0.3) is 5.91 Å². The number of carbonyl (C=O) groups is 4. The number of primary amides is 1. The lowest BCUT2D eigenvalue weighted by atomic mass is 9.55. The quantitative estimate of drug-likeness (QED) is 0.285. The van der Waals surface area contributed by atoms with Crippen molar-refractivity contribution < 1.29 is 49.8 Å². The molecule has 1 amide bonds. The summed E-state index contributed by atoms with van der Waals surface area (Å²) >= 11 is 0. The van der Waals surface area contributed by atoms with E-state index >= 15 is 0 Å². The predicted octanol–water partition coefficient (Wildman–Crippen LogP) is 0.951. The molecule has 3 aliphatic rings. The van der Waals surface area contributed by atoms with Gasteiger partial charge < -0.3 is 36.4 Å². The molecule has 0 heterocycles. The summed E-state index contributed by atoms with van der Waals surface area (Å²) in [5.74, 6) is -11.6. The number of carboxylic acid groups (broad SMARTS) is 1. The van der Waals surface area contributed by atoms with E-state index in [9.17, 15) is 49.8 Å². The molecule has 1 saturated carbocycles. The summed E-state index contributed by atoms with van der Waals surface area (Å²) in [5, 5.41) is 65.6. The fraction of sp³-hybridized carbons (Fsp3) is 0.440. The first-order valence-corrected chi connectivity index (χ1v) is 11.3. The Morgan fingerprint density at radius 1 is 1.14 bits per heavy atom. The maximum absolute atomic E-state index is 13.7. The standard InChI is InChI=1S/C25H27NO10/c1-7-12-8(23(34)35)5-9(24(2,3)4)17(28)15(12)19(30)16-13(7)18(29)10-6-11(27)14(22(26)33)20(31)25(10,36)21(16)32/h5,7,10,13,18,28-31,36H,6H2,1-4H3,(H2,26,33)(H,34,35)/t7-,10+,13+,18+,25+/m0/s1. The Labute approximate surface area is 205 Å². The molecule has 1 aromatic carbocycles.